The molecule has 2 N–H and O–H groups in total. The molecule has 0 saturated carbocycles. The molecule has 136 valence electrons. The number of hydrogen-bond donors (Lipinski definition) is 2. The summed E-state index contributed by atoms with van der Waals surface area (Å²) in [5.41, 5.74) is 0.448. The molecule has 24 heavy (non-hydrogen) atoms. The molecule has 0 aliphatic heterocycles. The van der Waals surface area contributed by atoms with Crippen molar-refractivity contribution < 1.29 is 12.8 Å². The molecular formula is C16H25ClFN3O2S. The molecule has 1 unspecified atom stereocenters. The molecule has 0 aliphatic carbocycles. The van der Waals surface area contributed by atoms with Gasteiger partial charge in [0, 0.05) is 36.0 Å². The Morgan fingerprint density at radius 1 is 1.42 bits per heavy atom. The van der Waals surface area contributed by atoms with Crippen LogP contribution in [0.5, 0.6) is 0 Å². The van der Waals surface area contributed by atoms with Crippen molar-refractivity contribution in [3.63, 3.8) is 0 Å². The van der Waals surface area contributed by atoms with Crippen LogP contribution in [0.4, 0.5) is 4.39 Å². The molecule has 0 aliphatic rings. The highest BCUT2D eigenvalue weighted by molar-refractivity contribution is 7.90. The monoisotopic (exact) mass is 377 g/mol. The number of guanidine groups is 1. The summed E-state index contributed by atoms with van der Waals surface area (Å²) in [5.74, 6) is 0.355. The highest BCUT2D eigenvalue weighted by atomic mass is 35.5. The molecule has 1 rings (SSSR count). The van der Waals surface area contributed by atoms with Gasteiger partial charge in [0.05, 0.1) is 5.75 Å². The topological polar surface area (TPSA) is 70.6 Å². The third-order valence-corrected chi connectivity index (χ3v) is 4.67. The van der Waals surface area contributed by atoms with Crippen molar-refractivity contribution in [3.8, 4) is 0 Å². The average Bonchev–Trinajstić information content (AvgIpc) is 2.47. The van der Waals surface area contributed by atoms with Gasteiger partial charge in [-0.05, 0) is 38.8 Å². The molecule has 0 fully saturated rings. The number of hydrogen-bond acceptors (Lipinski definition) is 3. The van der Waals surface area contributed by atoms with Crippen LogP contribution in [0.2, 0.25) is 5.02 Å². The maximum absolute atomic E-state index is 13.7. The molecular weight excluding hydrogens is 353 g/mol. The van der Waals surface area contributed by atoms with Crippen LogP contribution in [-0.4, -0.2) is 45.5 Å². The third kappa shape index (κ3) is 7.97. The van der Waals surface area contributed by atoms with E-state index in [1.807, 2.05) is 13.8 Å². The maximum Gasteiger partial charge on any atom is 0.191 e. The zero-order valence-corrected chi connectivity index (χ0v) is 15.8. The molecule has 0 radical (unpaired) electrons. The SMILES string of the molecule is CCNC(=NCCc1c(F)cccc1Cl)NC(C)CCS(C)(=O)=O. The number of nitrogens with zero attached hydrogens (tertiary/aromatic N) is 1. The number of nitrogens with one attached hydrogen (secondary N) is 2. The minimum Gasteiger partial charge on any atom is -0.357 e. The lowest BCUT2D eigenvalue weighted by atomic mass is 10.1. The molecule has 5 nitrogen and oxygen atoms in total. The minimum atomic E-state index is -2.99. The first kappa shape index (κ1) is 20.7. The second-order valence-electron chi connectivity index (χ2n) is 5.67. The first-order valence-electron chi connectivity index (χ1n) is 7.88. The van der Waals surface area contributed by atoms with E-state index in [0.717, 1.165) is 0 Å². The number of sulfone groups is 1. The van der Waals surface area contributed by atoms with Crippen LogP contribution in [0.15, 0.2) is 23.2 Å². The van der Waals surface area contributed by atoms with Gasteiger partial charge >= 0.3 is 0 Å². The molecule has 1 aromatic rings. The lowest BCUT2D eigenvalue weighted by Gasteiger charge is -2.17. The summed E-state index contributed by atoms with van der Waals surface area (Å²) in [6.45, 7) is 4.87. The van der Waals surface area contributed by atoms with Crippen molar-refractivity contribution in [3.05, 3.63) is 34.6 Å². The first-order valence-corrected chi connectivity index (χ1v) is 10.3. The van der Waals surface area contributed by atoms with E-state index in [2.05, 4.69) is 15.6 Å². The third-order valence-electron chi connectivity index (χ3n) is 3.34. The molecule has 0 amide bonds. The summed E-state index contributed by atoms with van der Waals surface area (Å²) in [7, 11) is -2.99. The summed E-state index contributed by atoms with van der Waals surface area (Å²) in [6, 6.07) is 4.55. The first-order chi connectivity index (χ1) is 11.2. The van der Waals surface area contributed by atoms with E-state index in [0.29, 0.717) is 42.5 Å². The minimum absolute atomic E-state index is 0.0467. The van der Waals surface area contributed by atoms with E-state index in [9.17, 15) is 12.8 Å². The highest BCUT2D eigenvalue weighted by Gasteiger charge is 2.10. The molecule has 0 saturated heterocycles. The van der Waals surface area contributed by atoms with Crippen LogP contribution in [-0.2, 0) is 16.3 Å². The van der Waals surface area contributed by atoms with Crippen molar-refractivity contribution in [2.45, 2.75) is 32.7 Å². The Labute approximate surface area is 148 Å². The van der Waals surface area contributed by atoms with Crippen LogP contribution in [0.3, 0.4) is 0 Å². The van der Waals surface area contributed by atoms with Crippen LogP contribution in [0.25, 0.3) is 0 Å². The number of aliphatic imine (C=N–C) groups is 1. The standard InChI is InChI=1S/C16H25ClFN3O2S/c1-4-19-16(21-12(2)9-11-24(3,22)23)20-10-8-13-14(17)6-5-7-15(13)18/h5-7,12H,4,8-11H2,1-3H3,(H2,19,20,21). The second kappa shape index (κ2) is 9.84. The van der Waals surface area contributed by atoms with Crippen molar-refractivity contribution in [1.29, 1.82) is 0 Å². The van der Waals surface area contributed by atoms with E-state index in [-0.39, 0.29) is 17.6 Å². The molecule has 0 aromatic heterocycles. The Morgan fingerprint density at radius 2 is 2.12 bits per heavy atom. The Bertz CT molecular complexity index is 645. The van der Waals surface area contributed by atoms with Crippen molar-refractivity contribution in [1.82, 2.24) is 10.6 Å². The smallest absolute Gasteiger partial charge is 0.191 e. The van der Waals surface area contributed by atoms with Gasteiger partial charge in [0.15, 0.2) is 5.96 Å². The van der Waals surface area contributed by atoms with Gasteiger partial charge in [-0.3, -0.25) is 4.99 Å². The fourth-order valence-electron chi connectivity index (χ4n) is 2.07. The summed E-state index contributed by atoms with van der Waals surface area (Å²) in [5, 5.41) is 6.64. The normalized spacial score (nSPS) is 13.6. The van der Waals surface area contributed by atoms with Gasteiger partial charge in [0.2, 0.25) is 0 Å². The van der Waals surface area contributed by atoms with E-state index in [1.165, 1.54) is 12.3 Å². The second-order valence-corrected chi connectivity index (χ2v) is 8.34. The van der Waals surface area contributed by atoms with Gasteiger partial charge in [-0.15, -0.1) is 0 Å². The van der Waals surface area contributed by atoms with Crippen LogP contribution in [0.1, 0.15) is 25.8 Å². The van der Waals surface area contributed by atoms with Crippen molar-refractivity contribution >= 4 is 27.4 Å². The van der Waals surface area contributed by atoms with E-state index < -0.39 is 9.84 Å². The summed E-state index contributed by atoms with van der Waals surface area (Å²) in [6.07, 6.45) is 2.10. The van der Waals surface area contributed by atoms with Gasteiger partial charge in [-0.2, -0.15) is 0 Å². The Kier molecular flexibility index (Phi) is 8.48. The number of rotatable bonds is 8. The van der Waals surface area contributed by atoms with Crippen LogP contribution >= 0.6 is 11.6 Å². The average molecular weight is 378 g/mol. The Balaban J connectivity index is 2.62. The number of benzene rings is 1. The molecule has 0 heterocycles. The number of halogens is 2. The summed E-state index contributed by atoms with van der Waals surface area (Å²) < 4.78 is 36.2. The quantitative estimate of drug-likeness (QED) is 0.539. The van der Waals surface area contributed by atoms with Gasteiger partial charge < -0.3 is 10.6 Å². The van der Waals surface area contributed by atoms with Gasteiger partial charge in [0.1, 0.15) is 15.7 Å². The molecule has 1 aromatic carbocycles. The predicted molar refractivity (Wildman–Crippen MR) is 98.0 cm³/mol. The maximum atomic E-state index is 13.7. The fraction of sp³-hybridized carbons (Fsp3) is 0.562. The molecule has 0 bridgehead atoms. The molecule has 8 heteroatoms. The Hall–Kier alpha value is -1.34. The lowest BCUT2D eigenvalue weighted by Crippen LogP contribution is -2.43. The van der Waals surface area contributed by atoms with Crippen LogP contribution < -0.4 is 10.6 Å². The predicted octanol–water partition coefficient (Wildman–Crippen LogP) is 2.40. The van der Waals surface area contributed by atoms with Gasteiger partial charge in [0.25, 0.3) is 0 Å². The van der Waals surface area contributed by atoms with Gasteiger partial charge in [-0.1, -0.05) is 17.7 Å². The van der Waals surface area contributed by atoms with E-state index in [4.69, 9.17) is 11.6 Å². The van der Waals surface area contributed by atoms with E-state index >= 15 is 0 Å². The lowest BCUT2D eigenvalue weighted by molar-refractivity contribution is 0.581. The van der Waals surface area contributed by atoms with Gasteiger partial charge in [-0.25, -0.2) is 12.8 Å². The fourth-order valence-corrected chi connectivity index (χ4v) is 3.11. The Morgan fingerprint density at radius 3 is 2.71 bits per heavy atom. The largest absolute Gasteiger partial charge is 0.357 e. The summed E-state index contributed by atoms with van der Waals surface area (Å²) in [4.78, 5) is 4.40. The van der Waals surface area contributed by atoms with Crippen LogP contribution in [0, 0.1) is 5.82 Å². The van der Waals surface area contributed by atoms with Crippen molar-refractivity contribution in [2.24, 2.45) is 4.99 Å². The van der Waals surface area contributed by atoms with E-state index in [1.54, 1.807) is 12.1 Å². The van der Waals surface area contributed by atoms with Crippen molar-refractivity contribution in [2.75, 3.05) is 25.1 Å². The highest BCUT2D eigenvalue weighted by Crippen LogP contribution is 2.19. The zero-order chi connectivity index (χ0) is 18.2. The molecule has 0 spiro atoms. The summed E-state index contributed by atoms with van der Waals surface area (Å²) >= 11 is 6.00. The molecule has 1 atom stereocenters. The zero-order valence-electron chi connectivity index (χ0n) is 14.3.